The molecule has 122 valence electrons. The van der Waals surface area contributed by atoms with Gasteiger partial charge in [0.15, 0.2) is 5.17 Å². The number of hydrogen-bond donors (Lipinski definition) is 1. The molecule has 24 heavy (non-hydrogen) atoms. The van der Waals surface area contributed by atoms with Crippen LogP contribution < -0.4 is 10.1 Å². The lowest BCUT2D eigenvalue weighted by Crippen LogP contribution is -2.19. The van der Waals surface area contributed by atoms with Crippen LogP contribution >= 0.6 is 11.8 Å². The molecule has 1 aliphatic rings. The van der Waals surface area contributed by atoms with Gasteiger partial charge in [-0.15, -0.1) is 5.10 Å². The number of ether oxygens (including phenoxy) is 1. The first-order valence-electron chi connectivity index (χ1n) is 7.52. The third kappa shape index (κ3) is 4.45. The first-order valence-corrected chi connectivity index (χ1v) is 8.50. The zero-order valence-corrected chi connectivity index (χ0v) is 14.0. The summed E-state index contributed by atoms with van der Waals surface area (Å²) < 4.78 is 5.89. The van der Waals surface area contributed by atoms with Gasteiger partial charge in [-0.25, -0.2) is 0 Å². The van der Waals surface area contributed by atoms with Gasteiger partial charge in [-0.2, -0.15) is 5.10 Å². The van der Waals surface area contributed by atoms with Crippen molar-refractivity contribution in [1.29, 1.82) is 0 Å². The molecule has 5 nitrogen and oxygen atoms in total. The van der Waals surface area contributed by atoms with Crippen LogP contribution in [0.25, 0.3) is 0 Å². The number of carbonyl (C=O) groups is 1. The number of amides is 1. The summed E-state index contributed by atoms with van der Waals surface area (Å²) in [5.41, 5.74) is 3.17. The number of rotatable bonds is 5. The van der Waals surface area contributed by atoms with E-state index >= 15 is 0 Å². The number of nitrogens with zero attached hydrogens (tertiary/aromatic N) is 2. The fourth-order valence-corrected chi connectivity index (χ4v) is 2.72. The zero-order chi connectivity index (χ0) is 16.8. The second-order valence-corrected chi connectivity index (χ2v) is 6.26. The molecule has 1 saturated heterocycles. The zero-order valence-electron chi connectivity index (χ0n) is 13.2. The van der Waals surface area contributed by atoms with Crippen LogP contribution in [0, 0.1) is 6.92 Å². The van der Waals surface area contributed by atoms with Crippen molar-refractivity contribution >= 4 is 29.1 Å². The summed E-state index contributed by atoms with van der Waals surface area (Å²) in [5, 5.41) is 11.2. The average molecular weight is 339 g/mol. The molecule has 2 aromatic rings. The van der Waals surface area contributed by atoms with E-state index in [1.807, 2.05) is 24.3 Å². The van der Waals surface area contributed by atoms with E-state index in [2.05, 4.69) is 46.7 Å². The van der Waals surface area contributed by atoms with Crippen molar-refractivity contribution in [3.63, 3.8) is 0 Å². The third-order valence-electron chi connectivity index (χ3n) is 3.37. The van der Waals surface area contributed by atoms with Gasteiger partial charge in [-0.05, 0) is 24.6 Å². The van der Waals surface area contributed by atoms with Crippen molar-refractivity contribution in [2.45, 2.75) is 13.5 Å². The fraction of sp³-hybridized carbons (Fsp3) is 0.167. The SMILES string of the molecule is Cc1ccc(COc2ccccc2C=NN=C2NC(=O)CS2)cc1. The first-order chi connectivity index (χ1) is 11.7. The molecule has 0 bridgehead atoms. The fourth-order valence-electron chi connectivity index (χ4n) is 2.09. The molecule has 0 unspecified atom stereocenters. The summed E-state index contributed by atoms with van der Waals surface area (Å²) in [6.07, 6.45) is 1.63. The third-order valence-corrected chi connectivity index (χ3v) is 4.23. The molecule has 0 aromatic heterocycles. The number of aryl methyl sites for hydroxylation is 1. The molecular formula is C18H17N3O2S. The number of amidine groups is 1. The van der Waals surface area contributed by atoms with E-state index in [4.69, 9.17) is 4.74 Å². The molecule has 1 amide bonds. The van der Waals surface area contributed by atoms with Gasteiger partial charge in [-0.1, -0.05) is 53.7 Å². The minimum Gasteiger partial charge on any atom is -0.488 e. The summed E-state index contributed by atoms with van der Waals surface area (Å²) >= 11 is 1.34. The number of benzene rings is 2. The Hall–Kier alpha value is -2.60. The Balaban J connectivity index is 1.66. The van der Waals surface area contributed by atoms with E-state index < -0.39 is 0 Å². The van der Waals surface area contributed by atoms with E-state index in [1.165, 1.54) is 17.3 Å². The molecule has 3 rings (SSSR count). The summed E-state index contributed by atoms with van der Waals surface area (Å²) in [6, 6.07) is 15.9. The van der Waals surface area contributed by atoms with Crippen LogP contribution in [0.2, 0.25) is 0 Å². The lowest BCUT2D eigenvalue weighted by atomic mass is 10.1. The van der Waals surface area contributed by atoms with Crippen molar-refractivity contribution < 1.29 is 9.53 Å². The molecule has 1 heterocycles. The largest absolute Gasteiger partial charge is 0.488 e. The molecule has 1 aliphatic heterocycles. The molecule has 0 aliphatic carbocycles. The standard InChI is InChI=1S/C18H17N3O2S/c1-13-6-8-14(9-7-13)11-23-16-5-3-2-4-15(16)10-19-21-18-20-17(22)12-24-18/h2-10H,11-12H2,1H3,(H,20,21,22). The lowest BCUT2D eigenvalue weighted by molar-refractivity contribution is -0.116. The van der Waals surface area contributed by atoms with E-state index in [9.17, 15) is 4.79 Å². The summed E-state index contributed by atoms with van der Waals surface area (Å²) in [6.45, 7) is 2.55. The Labute approximate surface area is 144 Å². The first kappa shape index (κ1) is 16.3. The Bertz CT molecular complexity index is 785. The van der Waals surface area contributed by atoms with Gasteiger partial charge in [0.1, 0.15) is 12.4 Å². The predicted molar refractivity (Wildman–Crippen MR) is 97.6 cm³/mol. The smallest absolute Gasteiger partial charge is 0.236 e. The highest BCUT2D eigenvalue weighted by Crippen LogP contribution is 2.18. The monoisotopic (exact) mass is 339 g/mol. The van der Waals surface area contributed by atoms with Gasteiger partial charge in [0, 0.05) is 5.56 Å². The van der Waals surface area contributed by atoms with Crippen molar-refractivity contribution in [2.75, 3.05) is 5.75 Å². The average Bonchev–Trinajstić information content (AvgIpc) is 3.01. The van der Waals surface area contributed by atoms with Crippen molar-refractivity contribution in [3.05, 3.63) is 65.2 Å². The molecule has 6 heteroatoms. The second kappa shape index (κ2) is 7.79. The van der Waals surface area contributed by atoms with E-state index in [0.717, 1.165) is 16.9 Å². The quantitative estimate of drug-likeness (QED) is 0.672. The van der Waals surface area contributed by atoms with Crippen LogP contribution in [0.5, 0.6) is 5.75 Å². The Morgan fingerprint density at radius 2 is 2.00 bits per heavy atom. The predicted octanol–water partition coefficient (Wildman–Crippen LogP) is 3.13. The van der Waals surface area contributed by atoms with E-state index in [1.54, 1.807) is 6.21 Å². The number of para-hydroxylation sites is 1. The Kier molecular flexibility index (Phi) is 5.28. The van der Waals surface area contributed by atoms with Crippen LogP contribution in [-0.4, -0.2) is 23.0 Å². The highest BCUT2D eigenvalue weighted by atomic mass is 32.2. The van der Waals surface area contributed by atoms with Crippen molar-refractivity contribution in [1.82, 2.24) is 5.32 Å². The van der Waals surface area contributed by atoms with Crippen LogP contribution in [0.15, 0.2) is 58.7 Å². The van der Waals surface area contributed by atoms with Gasteiger partial charge in [0.05, 0.1) is 12.0 Å². The molecular weight excluding hydrogens is 322 g/mol. The maximum Gasteiger partial charge on any atom is 0.236 e. The summed E-state index contributed by atoms with van der Waals surface area (Å²) in [5.74, 6) is 1.09. The highest BCUT2D eigenvalue weighted by Gasteiger charge is 2.15. The molecule has 0 radical (unpaired) electrons. The number of hydrogen-bond acceptors (Lipinski definition) is 5. The minimum absolute atomic E-state index is 0.0456. The molecule has 1 fully saturated rings. The molecule has 0 saturated carbocycles. The number of carbonyl (C=O) groups excluding carboxylic acids is 1. The highest BCUT2D eigenvalue weighted by molar-refractivity contribution is 8.15. The van der Waals surface area contributed by atoms with Gasteiger partial charge >= 0.3 is 0 Å². The summed E-state index contributed by atoms with van der Waals surface area (Å²) in [4.78, 5) is 11.1. The molecule has 2 aromatic carbocycles. The summed E-state index contributed by atoms with van der Waals surface area (Å²) in [7, 11) is 0. The van der Waals surface area contributed by atoms with Gasteiger partial charge in [0.25, 0.3) is 0 Å². The Morgan fingerprint density at radius 1 is 1.21 bits per heavy atom. The number of nitrogens with one attached hydrogen (secondary N) is 1. The van der Waals surface area contributed by atoms with E-state index in [0.29, 0.717) is 17.5 Å². The van der Waals surface area contributed by atoms with Gasteiger partial charge in [-0.3, -0.25) is 4.79 Å². The Morgan fingerprint density at radius 3 is 2.75 bits per heavy atom. The minimum atomic E-state index is -0.0456. The van der Waals surface area contributed by atoms with Crippen LogP contribution in [0.4, 0.5) is 0 Å². The lowest BCUT2D eigenvalue weighted by Gasteiger charge is -2.09. The maximum absolute atomic E-state index is 11.1. The van der Waals surface area contributed by atoms with E-state index in [-0.39, 0.29) is 5.91 Å². The van der Waals surface area contributed by atoms with Crippen molar-refractivity contribution in [3.8, 4) is 5.75 Å². The molecule has 0 atom stereocenters. The molecule has 0 spiro atoms. The number of thioether (sulfide) groups is 1. The van der Waals surface area contributed by atoms with Gasteiger partial charge in [0.2, 0.25) is 5.91 Å². The van der Waals surface area contributed by atoms with Crippen LogP contribution in [0.1, 0.15) is 16.7 Å². The molecule has 1 N–H and O–H groups in total. The van der Waals surface area contributed by atoms with Gasteiger partial charge < -0.3 is 10.1 Å². The normalized spacial score (nSPS) is 15.9. The second-order valence-electron chi connectivity index (χ2n) is 5.30. The van der Waals surface area contributed by atoms with Crippen LogP contribution in [0.3, 0.4) is 0 Å². The topological polar surface area (TPSA) is 63.1 Å². The van der Waals surface area contributed by atoms with Crippen molar-refractivity contribution in [2.24, 2.45) is 10.2 Å². The maximum atomic E-state index is 11.1. The van der Waals surface area contributed by atoms with Crippen LogP contribution in [-0.2, 0) is 11.4 Å².